The van der Waals surface area contributed by atoms with Gasteiger partial charge in [-0.05, 0) is 49.7 Å². The lowest BCUT2D eigenvalue weighted by Crippen LogP contribution is -2.46. The van der Waals surface area contributed by atoms with Gasteiger partial charge < -0.3 is 24.2 Å². The van der Waals surface area contributed by atoms with E-state index in [0.717, 1.165) is 57.0 Å². The number of para-hydroxylation sites is 2. The van der Waals surface area contributed by atoms with Gasteiger partial charge in [-0.3, -0.25) is 4.90 Å². The molecule has 0 saturated carbocycles. The lowest BCUT2D eigenvalue weighted by molar-refractivity contribution is 0.0595. The average molecular weight is 451 g/mol. The molecule has 1 aliphatic rings. The van der Waals surface area contributed by atoms with Crippen LogP contribution in [0.5, 0.6) is 17.2 Å². The van der Waals surface area contributed by atoms with Crippen molar-refractivity contribution in [2.45, 2.75) is 12.8 Å². The van der Waals surface area contributed by atoms with Gasteiger partial charge in [0.15, 0.2) is 0 Å². The van der Waals surface area contributed by atoms with Gasteiger partial charge in [-0.1, -0.05) is 12.1 Å². The Kier molecular flexibility index (Phi) is 9.75. The third-order valence-corrected chi connectivity index (χ3v) is 5.29. The van der Waals surface area contributed by atoms with Crippen LogP contribution in [0, 0.1) is 0 Å². The SMILES string of the molecule is COC(=O)c1cc(O)ccc1OCCCCN1CCN(c2ccccc2OC)CC1.Cl. The quantitative estimate of drug-likeness (QED) is 0.462. The van der Waals surface area contributed by atoms with E-state index in [1.54, 1.807) is 13.2 Å². The maximum absolute atomic E-state index is 11.8. The first-order chi connectivity index (χ1) is 14.6. The minimum Gasteiger partial charge on any atom is -0.508 e. The van der Waals surface area contributed by atoms with Crippen LogP contribution in [0.2, 0.25) is 0 Å². The van der Waals surface area contributed by atoms with Gasteiger partial charge in [-0.25, -0.2) is 4.79 Å². The number of halogens is 1. The number of aromatic hydroxyl groups is 1. The highest BCUT2D eigenvalue weighted by molar-refractivity contribution is 5.92. The van der Waals surface area contributed by atoms with E-state index in [9.17, 15) is 9.90 Å². The molecular weight excluding hydrogens is 420 g/mol. The van der Waals surface area contributed by atoms with Crippen LogP contribution in [0.1, 0.15) is 23.2 Å². The summed E-state index contributed by atoms with van der Waals surface area (Å²) in [5.74, 6) is 0.845. The molecule has 0 amide bonds. The van der Waals surface area contributed by atoms with Gasteiger partial charge in [-0.2, -0.15) is 0 Å². The number of benzene rings is 2. The van der Waals surface area contributed by atoms with Crippen molar-refractivity contribution in [2.24, 2.45) is 0 Å². The van der Waals surface area contributed by atoms with Gasteiger partial charge in [0.05, 0.1) is 26.5 Å². The lowest BCUT2D eigenvalue weighted by atomic mass is 10.2. The molecule has 2 aromatic rings. The number of carbonyl (C=O) groups is 1. The highest BCUT2D eigenvalue weighted by atomic mass is 35.5. The number of phenolic OH excluding ortho intramolecular Hbond substituents is 1. The Hall–Kier alpha value is -2.64. The number of phenols is 1. The summed E-state index contributed by atoms with van der Waals surface area (Å²) in [5.41, 5.74) is 1.40. The summed E-state index contributed by atoms with van der Waals surface area (Å²) in [6.45, 7) is 5.52. The Bertz CT molecular complexity index is 840. The fourth-order valence-electron chi connectivity index (χ4n) is 3.64. The maximum atomic E-state index is 11.8. The third kappa shape index (κ3) is 6.67. The van der Waals surface area contributed by atoms with Gasteiger partial charge in [0.25, 0.3) is 0 Å². The van der Waals surface area contributed by atoms with Crippen LogP contribution < -0.4 is 14.4 Å². The van der Waals surface area contributed by atoms with Crippen molar-refractivity contribution in [1.29, 1.82) is 0 Å². The number of rotatable bonds is 9. The minimum atomic E-state index is -0.520. The largest absolute Gasteiger partial charge is 0.508 e. The number of hydrogen-bond acceptors (Lipinski definition) is 7. The van der Waals surface area contributed by atoms with Crippen LogP contribution in [-0.2, 0) is 4.74 Å². The van der Waals surface area contributed by atoms with Gasteiger partial charge in [0, 0.05) is 26.2 Å². The molecule has 0 bridgehead atoms. The normalized spacial score (nSPS) is 13.9. The second kappa shape index (κ2) is 12.3. The van der Waals surface area contributed by atoms with Crippen LogP contribution in [0.25, 0.3) is 0 Å². The van der Waals surface area contributed by atoms with Gasteiger partial charge in [0.1, 0.15) is 22.8 Å². The van der Waals surface area contributed by atoms with E-state index >= 15 is 0 Å². The number of carbonyl (C=O) groups excluding carboxylic acids is 1. The summed E-state index contributed by atoms with van der Waals surface area (Å²) in [6.07, 6.45) is 1.90. The van der Waals surface area contributed by atoms with Crippen molar-refractivity contribution < 1.29 is 24.1 Å². The molecule has 0 radical (unpaired) electrons. The number of anilines is 1. The third-order valence-electron chi connectivity index (χ3n) is 5.29. The van der Waals surface area contributed by atoms with Crippen molar-refractivity contribution in [2.75, 3.05) is 58.5 Å². The van der Waals surface area contributed by atoms with Crippen LogP contribution in [0.4, 0.5) is 5.69 Å². The monoisotopic (exact) mass is 450 g/mol. The molecule has 1 N–H and O–H groups in total. The summed E-state index contributed by atoms with van der Waals surface area (Å²) < 4.78 is 16.0. The smallest absolute Gasteiger partial charge is 0.341 e. The molecule has 0 aromatic heterocycles. The Balaban J connectivity index is 0.00000341. The molecule has 3 rings (SSSR count). The topological polar surface area (TPSA) is 71.5 Å². The summed E-state index contributed by atoms with van der Waals surface area (Å²) in [5, 5.41) is 9.58. The minimum absolute atomic E-state index is 0. The Labute approximate surface area is 189 Å². The highest BCUT2D eigenvalue weighted by Crippen LogP contribution is 2.28. The molecule has 0 spiro atoms. The number of hydrogen-bond donors (Lipinski definition) is 1. The molecule has 1 fully saturated rings. The van der Waals surface area contributed by atoms with E-state index in [1.165, 1.54) is 19.2 Å². The first-order valence-corrected chi connectivity index (χ1v) is 10.3. The van der Waals surface area contributed by atoms with E-state index in [0.29, 0.717) is 12.4 Å². The Morgan fingerprint density at radius 1 is 1.00 bits per heavy atom. The van der Waals surface area contributed by atoms with Gasteiger partial charge in [0.2, 0.25) is 0 Å². The molecule has 31 heavy (non-hydrogen) atoms. The second-order valence-corrected chi connectivity index (χ2v) is 7.23. The number of ether oxygens (including phenoxy) is 3. The fourth-order valence-corrected chi connectivity index (χ4v) is 3.64. The van der Waals surface area contributed by atoms with Crippen LogP contribution in [0.3, 0.4) is 0 Å². The molecule has 1 saturated heterocycles. The van der Waals surface area contributed by atoms with Crippen molar-refractivity contribution >= 4 is 24.1 Å². The fraction of sp³-hybridized carbons (Fsp3) is 0.435. The zero-order chi connectivity index (χ0) is 21.3. The van der Waals surface area contributed by atoms with Crippen LogP contribution in [-0.4, -0.2) is 69.5 Å². The number of methoxy groups -OCH3 is 2. The molecule has 0 unspecified atom stereocenters. The molecule has 0 atom stereocenters. The Morgan fingerprint density at radius 2 is 1.74 bits per heavy atom. The highest BCUT2D eigenvalue weighted by Gasteiger charge is 2.19. The molecule has 8 heteroatoms. The lowest BCUT2D eigenvalue weighted by Gasteiger charge is -2.36. The van der Waals surface area contributed by atoms with Crippen molar-refractivity contribution in [3.05, 3.63) is 48.0 Å². The number of esters is 1. The first-order valence-electron chi connectivity index (χ1n) is 10.3. The number of nitrogens with zero attached hydrogens (tertiary/aromatic N) is 2. The molecule has 1 heterocycles. The van der Waals surface area contributed by atoms with E-state index in [2.05, 4.69) is 15.9 Å². The van der Waals surface area contributed by atoms with E-state index in [4.69, 9.17) is 14.2 Å². The molecule has 2 aromatic carbocycles. The molecule has 7 nitrogen and oxygen atoms in total. The Morgan fingerprint density at radius 3 is 2.45 bits per heavy atom. The van der Waals surface area contributed by atoms with Crippen molar-refractivity contribution in [1.82, 2.24) is 4.90 Å². The molecular formula is C23H31ClN2O5. The zero-order valence-corrected chi connectivity index (χ0v) is 18.9. The van der Waals surface area contributed by atoms with Gasteiger partial charge >= 0.3 is 5.97 Å². The number of unbranched alkanes of at least 4 members (excludes halogenated alkanes) is 1. The average Bonchev–Trinajstić information content (AvgIpc) is 2.79. The zero-order valence-electron chi connectivity index (χ0n) is 18.1. The van der Waals surface area contributed by atoms with E-state index < -0.39 is 5.97 Å². The molecule has 170 valence electrons. The first kappa shape index (κ1) is 24.6. The van der Waals surface area contributed by atoms with Crippen LogP contribution >= 0.6 is 12.4 Å². The summed E-state index contributed by atoms with van der Waals surface area (Å²) in [4.78, 5) is 16.7. The summed E-state index contributed by atoms with van der Waals surface area (Å²) in [6, 6.07) is 12.6. The standard InChI is InChI=1S/C23H30N2O5.ClH/c1-28-22-8-4-3-7-20(22)25-14-12-24(13-15-25)11-5-6-16-30-21-10-9-18(26)17-19(21)23(27)29-2;/h3-4,7-10,17,26H,5-6,11-16H2,1-2H3;1H. The number of piperazine rings is 1. The summed E-state index contributed by atoms with van der Waals surface area (Å²) >= 11 is 0. The van der Waals surface area contributed by atoms with Crippen molar-refractivity contribution in [3.63, 3.8) is 0 Å². The van der Waals surface area contributed by atoms with E-state index in [-0.39, 0.29) is 23.7 Å². The predicted molar refractivity (Wildman–Crippen MR) is 123 cm³/mol. The molecule has 1 aliphatic heterocycles. The molecule has 0 aliphatic carbocycles. The van der Waals surface area contributed by atoms with Crippen molar-refractivity contribution in [3.8, 4) is 17.2 Å². The van der Waals surface area contributed by atoms with Crippen LogP contribution in [0.15, 0.2) is 42.5 Å². The predicted octanol–water partition coefficient (Wildman–Crippen LogP) is 3.59. The van der Waals surface area contributed by atoms with E-state index in [1.807, 2.05) is 18.2 Å². The second-order valence-electron chi connectivity index (χ2n) is 7.23. The summed E-state index contributed by atoms with van der Waals surface area (Å²) in [7, 11) is 3.02. The van der Waals surface area contributed by atoms with Gasteiger partial charge in [-0.15, -0.1) is 12.4 Å². The maximum Gasteiger partial charge on any atom is 0.341 e.